The Bertz CT molecular complexity index is 275. The van der Waals surface area contributed by atoms with E-state index in [2.05, 4.69) is 10.3 Å². The lowest BCUT2D eigenvalue weighted by Crippen LogP contribution is -2.00. The molecule has 1 rings (SSSR count). The molecule has 0 spiro atoms. The zero-order chi connectivity index (χ0) is 8.43. The topological polar surface area (TPSA) is 24.9 Å². The molecule has 5 heteroatoms. The van der Waals surface area contributed by atoms with Gasteiger partial charge in [0.2, 0.25) is 5.95 Å². The highest BCUT2D eigenvalue weighted by molar-refractivity contribution is 5.40. The van der Waals surface area contributed by atoms with E-state index in [1.54, 1.807) is 0 Å². The van der Waals surface area contributed by atoms with Crippen LogP contribution in [-0.2, 0) is 0 Å². The van der Waals surface area contributed by atoms with E-state index in [0.29, 0.717) is 6.07 Å². The molecule has 0 atom stereocenters. The molecule has 0 unspecified atom stereocenters. The zero-order valence-electron chi connectivity index (χ0n) is 5.66. The van der Waals surface area contributed by atoms with Crippen LogP contribution in [-0.4, -0.2) is 12.0 Å². The molecule has 0 aliphatic rings. The van der Waals surface area contributed by atoms with Crippen LogP contribution in [0.2, 0.25) is 0 Å². The standard InChI is InChI=1S/C6H5F3N2/c1-10-4-2-3(7)5(8)11-6(4)9/h2,10H,1H3. The molecule has 1 aromatic rings. The molecule has 0 aliphatic heterocycles. The minimum absolute atomic E-state index is 0.163. The fourth-order valence-corrected chi connectivity index (χ4v) is 0.621. The number of nitrogens with one attached hydrogen (secondary N) is 1. The average molecular weight is 162 g/mol. The van der Waals surface area contributed by atoms with Gasteiger partial charge in [-0.05, 0) is 0 Å². The van der Waals surface area contributed by atoms with Crippen molar-refractivity contribution >= 4 is 5.69 Å². The fourth-order valence-electron chi connectivity index (χ4n) is 0.621. The third kappa shape index (κ3) is 1.42. The van der Waals surface area contributed by atoms with Gasteiger partial charge in [-0.2, -0.15) is 13.8 Å². The molecule has 1 heterocycles. The van der Waals surface area contributed by atoms with Crippen LogP contribution in [0.1, 0.15) is 0 Å². The maximum absolute atomic E-state index is 12.5. The van der Waals surface area contributed by atoms with Crippen molar-refractivity contribution in [1.29, 1.82) is 0 Å². The molecule has 0 saturated carbocycles. The largest absolute Gasteiger partial charge is 0.384 e. The van der Waals surface area contributed by atoms with Crippen LogP contribution >= 0.6 is 0 Å². The molecule has 0 radical (unpaired) electrons. The third-order valence-corrected chi connectivity index (χ3v) is 1.16. The number of nitrogens with zero attached hydrogens (tertiary/aromatic N) is 1. The van der Waals surface area contributed by atoms with Crippen LogP contribution in [0, 0.1) is 17.7 Å². The first-order valence-electron chi connectivity index (χ1n) is 2.84. The van der Waals surface area contributed by atoms with Crippen LogP contribution in [0.25, 0.3) is 0 Å². The van der Waals surface area contributed by atoms with Crippen molar-refractivity contribution in [2.45, 2.75) is 0 Å². The highest BCUT2D eigenvalue weighted by atomic mass is 19.2. The van der Waals surface area contributed by atoms with Crippen LogP contribution in [0.3, 0.4) is 0 Å². The normalized spacial score (nSPS) is 9.82. The lowest BCUT2D eigenvalue weighted by Gasteiger charge is -2.00. The lowest BCUT2D eigenvalue weighted by atomic mass is 10.4. The number of hydrogen-bond acceptors (Lipinski definition) is 2. The van der Waals surface area contributed by atoms with Gasteiger partial charge in [-0.15, -0.1) is 0 Å². The zero-order valence-corrected chi connectivity index (χ0v) is 5.66. The molecule has 0 aliphatic carbocycles. The fraction of sp³-hybridized carbons (Fsp3) is 0.167. The van der Waals surface area contributed by atoms with Gasteiger partial charge in [0.15, 0.2) is 5.82 Å². The third-order valence-electron chi connectivity index (χ3n) is 1.16. The monoisotopic (exact) mass is 162 g/mol. The Hall–Kier alpha value is -1.26. The number of halogens is 3. The Morgan fingerprint density at radius 3 is 2.45 bits per heavy atom. The van der Waals surface area contributed by atoms with E-state index in [1.807, 2.05) is 0 Å². The number of pyridine rings is 1. The quantitative estimate of drug-likeness (QED) is 0.633. The van der Waals surface area contributed by atoms with Crippen LogP contribution in [0.15, 0.2) is 6.07 Å². The Labute approximate surface area is 61.1 Å². The van der Waals surface area contributed by atoms with Gasteiger partial charge in [-0.3, -0.25) is 0 Å². The van der Waals surface area contributed by atoms with Crippen molar-refractivity contribution in [2.24, 2.45) is 0 Å². The highest BCUT2D eigenvalue weighted by Gasteiger charge is 2.09. The summed E-state index contributed by atoms with van der Waals surface area (Å²) in [6.45, 7) is 0. The van der Waals surface area contributed by atoms with Crippen molar-refractivity contribution in [2.75, 3.05) is 12.4 Å². The van der Waals surface area contributed by atoms with Crippen LogP contribution < -0.4 is 5.32 Å². The average Bonchev–Trinajstić information content (AvgIpc) is 1.97. The molecule has 1 aromatic heterocycles. The molecule has 0 bridgehead atoms. The summed E-state index contributed by atoms with van der Waals surface area (Å²) in [4.78, 5) is 2.67. The van der Waals surface area contributed by atoms with E-state index in [1.165, 1.54) is 7.05 Å². The second kappa shape index (κ2) is 2.77. The number of rotatable bonds is 1. The Morgan fingerprint density at radius 1 is 1.27 bits per heavy atom. The summed E-state index contributed by atoms with van der Waals surface area (Å²) in [6, 6.07) is 0.706. The van der Waals surface area contributed by atoms with E-state index in [0.717, 1.165) is 0 Å². The molecule has 1 N–H and O–H groups in total. The van der Waals surface area contributed by atoms with Crippen LogP contribution in [0.4, 0.5) is 18.9 Å². The molecular formula is C6H5F3N2. The predicted molar refractivity (Wildman–Crippen MR) is 33.7 cm³/mol. The first-order valence-corrected chi connectivity index (χ1v) is 2.84. The summed E-state index contributed by atoms with van der Waals surface area (Å²) in [5, 5.41) is 2.32. The maximum atomic E-state index is 12.5. The summed E-state index contributed by atoms with van der Waals surface area (Å²) in [6.07, 6.45) is 0. The van der Waals surface area contributed by atoms with Crippen molar-refractivity contribution < 1.29 is 13.2 Å². The summed E-state index contributed by atoms with van der Waals surface area (Å²) >= 11 is 0. The van der Waals surface area contributed by atoms with E-state index in [-0.39, 0.29) is 5.69 Å². The second-order valence-corrected chi connectivity index (χ2v) is 1.85. The predicted octanol–water partition coefficient (Wildman–Crippen LogP) is 1.54. The SMILES string of the molecule is CNc1cc(F)c(F)nc1F. The van der Waals surface area contributed by atoms with E-state index in [4.69, 9.17) is 0 Å². The van der Waals surface area contributed by atoms with Gasteiger partial charge in [0.25, 0.3) is 5.95 Å². The Kier molecular flexibility index (Phi) is 1.98. The van der Waals surface area contributed by atoms with Gasteiger partial charge in [0.05, 0.1) is 5.69 Å². The van der Waals surface area contributed by atoms with Gasteiger partial charge in [-0.1, -0.05) is 0 Å². The molecule has 0 amide bonds. The number of anilines is 1. The van der Waals surface area contributed by atoms with E-state index in [9.17, 15) is 13.2 Å². The molecule has 0 fully saturated rings. The van der Waals surface area contributed by atoms with Gasteiger partial charge < -0.3 is 5.32 Å². The summed E-state index contributed by atoms with van der Waals surface area (Å²) in [5.41, 5.74) is -0.163. The van der Waals surface area contributed by atoms with Gasteiger partial charge in [-0.25, -0.2) is 4.39 Å². The van der Waals surface area contributed by atoms with Gasteiger partial charge >= 0.3 is 0 Å². The van der Waals surface area contributed by atoms with Crippen molar-refractivity contribution in [1.82, 2.24) is 4.98 Å². The maximum Gasteiger partial charge on any atom is 0.251 e. The van der Waals surface area contributed by atoms with E-state index < -0.39 is 17.7 Å². The summed E-state index contributed by atoms with van der Waals surface area (Å²) in [7, 11) is 1.39. The molecule has 2 nitrogen and oxygen atoms in total. The van der Waals surface area contributed by atoms with Crippen molar-refractivity contribution in [3.8, 4) is 0 Å². The molecule has 11 heavy (non-hydrogen) atoms. The number of aromatic nitrogens is 1. The van der Waals surface area contributed by atoms with Crippen LogP contribution in [0.5, 0.6) is 0 Å². The molecule has 0 aromatic carbocycles. The van der Waals surface area contributed by atoms with Gasteiger partial charge in [0, 0.05) is 13.1 Å². The van der Waals surface area contributed by atoms with Gasteiger partial charge in [0.1, 0.15) is 0 Å². The first kappa shape index (κ1) is 7.84. The minimum atomic E-state index is -1.43. The van der Waals surface area contributed by atoms with E-state index >= 15 is 0 Å². The summed E-state index contributed by atoms with van der Waals surface area (Å²) < 4.78 is 36.9. The first-order chi connectivity index (χ1) is 5.15. The Morgan fingerprint density at radius 2 is 1.91 bits per heavy atom. The lowest BCUT2D eigenvalue weighted by molar-refractivity contribution is 0.449. The Balaban J connectivity index is 3.21. The molecule has 60 valence electrons. The number of hydrogen-bond donors (Lipinski definition) is 1. The molecule has 0 saturated heterocycles. The second-order valence-electron chi connectivity index (χ2n) is 1.85. The smallest absolute Gasteiger partial charge is 0.251 e. The summed E-state index contributed by atoms with van der Waals surface area (Å²) in [5.74, 6) is -3.65. The molecular weight excluding hydrogens is 157 g/mol. The van der Waals surface area contributed by atoms with Crippen molar-refractivity contribution in [3.63, 3.8) is 0 Å². The van der Waals surface area contributed by atoms with Crippen molar-refractivity contribution in [3.05, 3.63) is 23.8 Å². The minimum Gasteiger partial charge on any atom is -0.384 e. The highest BCUT2D eigenvalue weighted by Crippen LogP contribution is 2.13.